The van der Waals surface area contributed by atoms with Crippen molar-refractivity contribution >= 4 is 11.6 Å². The highest BCUT2D eigenvalue weighted by Crippen LogP contribution is 2.13. The highest BCUT2D eigenvalue weighted by atomic mass is 16.2. The third kappa shape index (κ3) is 2.55. The number of amides is 1. The molecule has 2 heterocycles. The van der Waals surface area contributed by atoms with Crippen molar-refractivity contribution in [2.45, 2.75) is 19.4 Å². The van der Waals surface area contributed by atoms with Gasteiger partial charge >= 0.3 is 0 Å². The summed E-state index contributed by atoms with van der Waals surface area (Å²) < 4.78 is 1.74. The largest absolute Gasteiger partial charge is 0.321 e. The van der Waals surface area contributed by atoms with Gasteiger partial charge in [0.1, 0.15) is 0 Å². The third-order valence-electron chi connectivity index (χ3n) is 3.50. The summed E-state index contributed by atoms with van der Waals surface area (Å²) in [5.74, 6) is -0.229. The van der Waals surface area contributed by atoms with Crippen LogP contribution >= 0.6 is 0 Å². The summed E-state index contributed by atoms with van der Waals surface area (Å²) in [7, 11) is 0. The van der Waals surface area contributed by atoms with Crippen molar-refractivity contribution in [1.29, 1.82) is 0 Å². The fourth-order valence-electron chi connectivity index (χ4n) is 2.04. The van der Waals surface area contributed by atoms with E-state index in [1.165, 1.54) is 5.56 Å². The van der Waals surface area contributed by atoms with Crippen LogP contribution in [-0.2, 0) is 6.42 Å². The number of nitrogens with zero attached hydrogens (tertiary/aromatic N) is 3. The van der Waals surface area contributed by atoms with E-state index >= 15 is 0 Å². The van der Waals surface area contributed by atoms with Crippen LogP contribution in [0.1, 0.15) is 29.0 Å². The van der Waals surface area contributed by atoms with Crippen LogP contribution in [0.2, 0.25) is 0 Å². The zero-order valence-corrected chi connectivity index (χ0v) is 11.3. The minimum absolute atomic E-state index is 0.229. The average Bonchev–Trinajstić information content (AvgIpc) is 2.87. The maximum Gasteiger partial charge on any atom is 0.277 e. The molecule has 20 heavy (non-hydrogen) atoms. The molecule has 6 heteroatoms. The van der Waals surface area contributed by atoms with E-state index in [9.17, 15) is 4.79 Å². The van der Waals surface area contributed by atoms with Gasteiger partial charge in [-0.1, -0.05) is 24.3 Å². The Bertz CT molecular complexity index is 600. The molecular weight excluding hydrogens is 254 g/mol. The van der Waals surface area contributed by atoms with Crippen LogP contribution in [0.5, 0.6) is 0 Å². The van der Waals surface area contributed by atoms with E-state index in [4.69, 9.17) is 0 Å². The molecule has 0 unspecified atom stereocenters. The molecule has 0 bridgehead atoms. The Morgan fingerprint density at radius 1 is 1.40 bits per heavy atom. The number of carbonyl (C=O) groups is 1. The van der Waals surface area contributed by atoms with Crippen LogP contribution < -0.4 is 10.6 Å². The maximum absolute atomic E-state index is 12.1. The normalized spacial score (nSPS) is 14.8. The summed E-state index contributed by atoms with van der Waals surface area (Å²) in [5.41, 5.74) is 2.36. The van der Waals surface area contributed by atoms with Crippen LogP contribution in [0.4, 0.5) is 5.69 Å². The third-order valence-corrected chi connectivity index (χ3v) is 3.50. The van der Waals surface area contributed by atoms with Gasteiger partial charge in [-0.05, 0) is 24.1 Å². The minimum atomic E-state index is -0.229. The lowest BCUT2D eigenvalue weighted by molar-refractivity contribution is 0.102. The van der Waals surface area contributed by atoms with Crippen LogP contribution in [0.15, 0.2) is 30.5 Å². The monoisotopic (exact) mass is 271 g/mol. The molecule has 1 amide bonds. The second-order valence-corrected chi connectivity index (χ2v) is 4.90. The van der Waals surface area contributed by atoms with Crippen molar-refractivity contribution < 1.29 is 4.79 Å². The van der Waals surface area contributed by atoms with Gasteiger partial charge in [-0.3, -0.25) is 4.79 Å². The lowest BCUT2D eigenvalue weighted by atomic mass is 10.1. The first-order chi connectivity index (χ1) is 9.76. The molecule has 1 fully saturated rings. The Kier molecular flexibility index (Phi) is 3.47. The Morgan fingerprint density at radius 2 is 2.15 bits per heavy atom. The molecule has 1 saturated heterocycles. The van der Waals surface area contributed by atoms with Gasteiger partial charge in [0.05, 0.1) is 12.2 Å². The Hall–Kier alpha value is -2.21. The molecule has 0 radical (unpaired) electrons. The van der Waals surface area contributed by atoms with E-state index < -0.39 is 0 Å². The lowest BCUT2D eigenvalue weighted by Crippen LogP contribution is -2.43. The molecule has 1 aliphatic heterocycles. The lowest BCUT2D eigenvalue weighted by Gasteiger charge is -2.26. The first-order valence-corrected chi connectivity index (χ1v) is 6.79. The molecule has 1 aliphatic rings. The SMILES string of the molecule is CCc1ccc(NC(=O)c2cn(C3CNC3)nn2)cc1. The number of hydrogen-bond acceptors (Lipinski definition) is 4. The maximum atomic E-state index is 12.1. The molecule has 1 aromatic heterocycles. The van der Waals surface area contributed by atoms with E-state index in [1.54, 1.807) is 10.9 Å². The number of rotatable bonds is 4. The number of hydrogen-bond donors (Lipinski definition) is 2. The molecule has 1 aromatic carbocycles. The van der Waals surface area contributed by atoms with Gasteiger partial charge in [-0.2, -0.15) is 0 Å². The Morgan fingerprint density at radius 3 is 2.75 bits per heavy atom. The Balaban J connectivity index is 1.67. The van der Waals surface area contributed by atoms with Crippen LogP contribution in [0, 0.1) is 0 Å². The molecule has 6 nitrogen and oxygen atoms in total. The molecule has 0 spiro atoms. The van der Waals surface area contributed by atoms with E-state index in [1.807, 2.05) is 24.3 Å². The quantitative estimate of drug-likeness (QED) is 0.877. The molecule has 0 atom stereocenters. The van der Waals surface area contributed by atoms with E-state index in [-0.39, 0.29) is 5.91 Å². The fraction of sp³-hybridized carbons (Fsp3) is 0.357. The number of carbonyl (C=O) groups excluding carboxylic acids is 1. The molecular formula is C14H17N5O. The van der Waals surface area contributed by atoms with Gasteiger partial charge < -0.3 is 10.6 Å². The number of aromatic nitrogens is 3. The standard InChI is InChI=1S/C14H17N5O/c1-2-10-3-5-11(6-4-10)16-14(20)13-9-19(18-17-13)12-7-15-8-12/h3-6,9,12,15H,2,7-8H2,1H3,(H,16,20). The highest BCUT2D eigenvalue weighted by molar-refractivity contribution is 6.02. The van der Waals surface area contributed by atoms with Gasteiger partial charge in [0, 0.05) is 18.8 Å². The van der Waals surface area contributed by atoms with Gasteiger partial charge in [0.2, 0.25) is 0 Å². The Labute approximate surface area is 117 Å². The molecule has 0 saturated carbocycles. The van der Waals surface area contributed by atoms with Crippen molar-refractivity contribution in [2.24, 2.45) is 0 Å². The van der Waals surface area contributed by atoms with E-state index in [2.05, 4.69) is 27.9 Å². The highest BCUT2D eigenvalue weighted by Gasteiger charge is 2.21. The number of benzene rings is 1. The van der Waals surface area contributed by atoms with Gasteiger partial charge in [0.15, 0.2) is 5.69 Å². The van der Waals surface area contributed by atoms with E-state index in [0.29, 0.717) is 11.7 Å². The van der Waals surface area contributed by atoms with Crippen molar-refractivity contribution in [1.82, 2.24) is 20.3 Å². The zero-order chi connectivity index (χ0) is 13.9. The second-order valence-electron chi connectivity index (χ2n) is 4.90. The van der Waals surface area contributed by atoms with Crippen LogP contribution in [0.25, 0.3) is 0 Å². The van der Waals surface area contributed by atoms with E-state index in [0.717, 1.165) is 25.2 Å². The number of nitrogens with one attached hydrogen (secondary N) is 2. The first-order valence-electron chi connectivity index (χ1n) is 6.79. The summed E-state index contributed by atoms with van der Waals surface area (Å²) in [4.78, 5) is 12.1. The van der Waals surface area contributed by atoms with Gasteiger partial charge in [0.25, 0.3) is 5.91 Å². The average molecular weight is 271 g/mol. The molecule has 2 aromatic rings. The molecule has 0 aliphatic carbocycles. The van der Waals surface area contributed by atoms with Crippen molar-refractivity contribution in [3.05, 3.63) is 41.7 Å². The topological polar surface area (TPSA) is 71.8 Å². The van der Waals surface area contributed by atoms with Gasteiger partial charge in [-0.25, -0.2) is 4.68 Å². The molecule has 3 rings (SSSR count). The summed E-state index contributed by atoms with van der Waals surface area (Å²) >= 11 is 0. The number of anilines is 1. The van der Waals surface area contributed by atoms with Crippen molar-refractivity contribution in [2.75, 3.05) is 18.4 Å². The van der Waals surface area contributed by atoms with Crippen molar-refractivity contribution in [3.63, 3.8) is 0 Å². The van der Waals surface area contributed by atoms with Crippen LogP contribution in [-0.4, -0.2) is 34.0 Å². The van der Waals surface area contributed by atoms with Crippen LogP contribution in [0.3, 0.4) is 0 Å². The fourth-order valence-corrected chi connectivity index (χ4v) is 2.04. The molecule has 2 N–H and O–H groups in total. The summed E-state index contributed by atoms with van der Waals surface area (Å²) in [6.45, 7) is 3.85. The summed E-state index contributed by atoms with van der Waals surface area (Å²) in [6.07, 6.45) is 2.68. The second kappa shape index (κ2) is 5.42. The smallest absolute Gasteiger partial charge is 0.277 e. The predicted molar refractivity (Wildman–Crippen MR) is 75.7 cm³/mol. The first kappa shape index (κ1) is 12.8. The zero-order valence-electron chi connectivity index (χ0n) is 11.3. The summed E-state index contributed by atoms with van der Waals surface area (Å²) in [6, 6.07) is 8.13. The van der Waals surface area contributed by atoms with Gasteiger partial charge in [-0.15, -0.1) is 5.10 Å². The van der Waals surface area contributed by atoms with Crippen molar-refractivity contribution in [3.8, 4) is 0 Å². The predicted octanol–water partition coefficient (Wildman–Crippen LogP) is 1.24. The molecule has 104 valence electrons. The summed E-state index contributed by atoms with van der Waals surface area (Å²) in [5, 5.41) is 13.9. The number of aryl methyl sites for hydroxylation is 1. The minimum Gasteiger partial charge on any atom is -0.321 e.